The highest BCUT2D eigenvalue weighted by Crippen LogP contribution is 2.31. The molecule has 0 unspecified atom stereocenters. The van der Waals surface area contributed by atoms with E-state index in [1.807, 2.05) is 23.9 Å². The zero-order valence-electron chi connectivity index (χ0n) is 17.9. The summed E-state index contributed by atoms with van der Waals surface area (Å²) < 4.78 is 0. The van der Waals surface area contributed by atoms with Crippen LogP contribution >= 0.6 is 22.7 Å². The average molecular weight is 454 g/mol. The number of hydrogen-bond acceptors (Lipinski definition) is 5. The van der Waals surface area contributed by atoms with Crippen molar-refractivity contribution >= 4 is 34.5 Å². The van der Waals surface area contributed by atoms with E-state index in [-0.39, 0.29) is 17.4 Å². The Balaban J connectivity index is 1.36. The summed E-state index contributed by atoms with van der Waals surface area (Å²) in [5.41, 5.74) is 2.98. The Morgan fingerprint density at radius 1 is 1.23 bits per heavy atom. The van der Waals surface area contributed by atoms with Gasteiger partial charge in [-0.3, -0.25) is 9.59 Å². The Labute approximate surface area is 191 Å². The molecule has 31 heavy (non-hydrogen) atoms. The number of thiazole rings is 1. The lowest BCUT2D eigenvalue weighted by atomic mass is 9.84. The number of carbonyl (C=O) groups excluding carboxylic acids is 2. The predicted octanol–water partition coefficient (Wildman–Crippen LogP) is 4.81. The topological polar surface area (TPSA) is 62.3 Å². The molecule has 1 saturated heterocycles. The smallest absolute Gasteiger partial charge is 0.222 e. The van der Waals surface area contributed by atoms with Gasteiger partial charge in [0.05, 0.1) is 17.1 Å². The molecule has 162 valence electrons. The third-order valence-corrected chi connectivity index (χ3v) is 7.75. The number of aryl methyl sites for hydroxylation is 1. The second-order valence-electron chi connectivity index (χ2n) is 8.36. The standard InChI is InChI=1S/C24H27N3O2S2/c1-17-5-7-18(8-6-17)14-24(11-9-21(28)26-24)12-10-22(29)27(2)15-19-16-31-23(25-19)20-4-3-13-30-20/h3-8,13,16H,9-12,14-15H2,1-2H3,(H,26,28)/t24-/m1/s1. The summed E-state index contributed by atoms with van der Waals surface area (Å²) in [6.45, 7) is 2.56. The molecule has 1 aromatic carbocycles. The lowest BCUT2D eigenvalue weighted by molar-refractivity contribution is -0.131. The molecule has 1 N–H and O–H groups in total. The van der Waals surface area contributed by atoms with Crippen LogP contribution in [0, 0.1) is 6.92 Å². The second-order valence-corrected chi connectivity index (χ2v) is 10.2. The highest BCUT2D eigenvalue weighted by molar-refractivity contribution is 7.20. The molecule has 7 heteroatoms. The van der Waals surface area contributed by atoms with E-state index < -0.39 is 0 Å². The number of hydrogen-bond donors (Lipinski definition) is 1. The van der Waals surface area contributed by atoms with Gasteiger partial charge in [-0.05, 0) is 43.2 Å². The lowest BCUT2D eigenvalue weighted by Crippen LogP contribution is -2.44. The number of rotatable bonds is 8. The minimum atomic E-state index is -0.337. The molecule has 1 fully saturated rings. The van der Waals surface area contributed by atoms with Crippen molar-refractivity contribution in [1.29, 1.82) is 0 Å². The van der Waals surface area contributed by atoms with E-state index in [9.17, 15) is 9.59 Å². The van der Waals surface area contributed by atoms with Crippen LogP contribution < -0.4 is 5.32 Å². The number of thiophene rings is 1. The lowest BCUT2D eigenvalue weighted by Gasteiger charge is -2.30. The first-order chi connectivity index (χ1) is 14.9. The monoisotopic (exact) mass is 453 g/mol. The van der Waals surface area contributed by atoms with Crippen LogP contribution in [-0.2, 0) is 22.6 Å². The summed E-state index contributed by atoms with van der Waals surface area (Å²) in [7, 11) is 1.83. The Bertz CT molecular complexity index is 1040. The molecule has 3 aromatic rings. The van der Waals surface area contributed by atoms with Crippen LogP contribution in [0.2, 0.25) is 0 Å². The number of aromatic nitrogens is 1. The Kier molecular flexibility index (Phi) is 6.53. The average Bonchev–Trinajstić information content (AvgIpc) is 3.50. The van der Waals surface area contributed by atoms with Gasteiger partial charge in [0.25, 0.3) is 0 Å². The first kappa shape index (κ1) is 21.7. The van der Waals surface area contributed by atoms with Crippen LogP contribution in [0.1, 0.15) is 42.5 Å². The fraction of sp³-hybridized carbons (Fsp3) is 0.375. The molecule has 0 radical (unpaired) electrons. The van der Waals surface area contributed by atoms with E-state index in [0.717, 1.165) is 28.4 Å². The van der Waals surface area contributed by atoms with Gasteiger partial charge in [0.2, 0.25) is 11.8 Å². The van der Waals surface area contributed by atoms with E-state index in [2.05, 4.69) is 47.6 Å². The Hall–Kier alpha value is -2.51. The summed E-state index contributed by atoms with van der Waals surface area (Å²) in [6, 6.07) is 12.5. The van der Waals surface area contributed by atoms with E-state index in [1.165, 1.54) is 11.1 Å². The SMILES string of the molecule is Cc1ccc(C[C@]2(CCC(=O)N(C)Cc3csc(-c4cccs4)n3)CCC(=O)N2)cc1. The number of nitrogens with zero attached hydrogens (tertiary/aromatic N) is 2. The number of benzene rings is 1. The third-order valence-electron chi connectivity index (χ3n) is 5.82. The molecule has 1 aliphatic heterocycles. The van der Waals surface area contributed by atoms with Gasteiger partial charge in [-0.15, -0.1) is 22.7 Å². The summed E-state index contributed by atoms with van der Waals surface area (Å²) in [4.78, 5) is 32.4. The molecule has 1 atom stereocenters. The van der Waals surface area contributed by atoms with Crippen LogP contribution in [-0.4, -0.2) is 34.3 Å². The summed E-state index contributed by atoms with van der Waals surface area (Å²) in [5.74, 6) is 0.159. The minimum Gasteiger partial charge on any atom is -0.350 e. The number of carbonyl (C=O) groups is 2. The summed E-state index contributed by atoms with van der Waals surface area (Å²) in [6.07, 6.45) is 3.11. The van der Waals surface area contributed by atoms with Gasteiger partial charge in [0.1, 0.15) is 5.01 Å². The van der Waals surface area contributed by atoms with Crippen LogP contribution in [0.15, 0.2) is 47.2 Å². The fourth-order valence-corrected chi connectivity index (χ4v) is 5.67. The van der Waals surface area contributed by atoms with Crippen LogP contribution in [0.4, 0.5) is 0 Å². The molecule has 2 aromatic heterocycles. The molecule has 2 amide bonds. The van der Waals surface area contributed by atoms with E-state index in [4.69, 9.17) is 0 Å². The number of amides is 2. The maximum Gasteiger partial charge on any atom is 0.222 e. The zero-order chi connectivity index (χ0) is 21.8. The molecular formula is C24H27N3O2S2. The van der Waals surface area contributed by atoms with Gasteiger partial charge in [-0.25, -0.2) is 4.98 Å². The third kappa shape index (κ3) is 5.40. The molecule has 0 saturated carbocycles. The molecule has 3 heterocycles. The molecular weight excluding hydrogens is 426 g/mol. The fourth-order valence-electron chi connectivity index (χ4n) is 4.04. The van der Waals surface area contributed by atoms with Crippen molar-refractivity contribution in [3.05, 3.63) is 64.0 Å². The first-order valence-corrected chi connectivity index (χ1v) is 12.3. The second kappa shape index (κ2) is 9.32. The number of nitrogens with one attached hydrogen (secondary N) is 1. The molecule has 0 spiro atoms. The molecule has 4 rings (SSSR count). The molecule has 5 nitrogen and oxygen atoms in total. The zero-order valence-corrected chi connectivity index (χ0v) is 19.5. The predicted molar refractivity (Wildman–Crippen MR) is 126 cm³/mol. The van der Waals surface area contributed by atoms with Crippen LogP contribution in [0.5, 0.6) is 0 Å². The normalized spacial score (nSPS) is 18.2. The van der Waals surface area contributed by atoms with Crippen molar-refractivity contribution in [2.24, 2.45) is 0 Å². The van der Waals surface area contributed by atoms with Gasteiger partial charge in [-0.1, -0.05) is 35.9 Å². The van der Waals surface area contributed by atoms with Crippen molar-refractivity contribution in [2.45, 2.75) is 51.1 Å². The highest BCUT2D eigenvalue weighted by Gasteiger charge is 2.38. The van der Waals surface area contributed by atoms with E-state index in [0.29, 0.717) is 25.8 Å². The maximum absolute atomic E-state index is 12.9. The maximum atomic E-state index is 12.9. The quantitative estimate of drug-likeness (QED) is 0.532. The molecule has 1 aliphatic rings. The van der Waals surface area contributed by atoms with Crippen molar-refractivity contribution in [3.8, 4) is 9.88 Å². The first-order valence-electron chi connectivity index (χ1n) is 10.5. The Morgan fingerprint density at radius 3 is 2.71 bits per heavy atom. The summed E-state index contributed by atoms with van der Waals surface area (Å²) in [5, 5.41) is 8.24. The van der Waals surface area contributed by atoms with Crippen LogP contribution in [0.3, 0.4) is 0 Å². The minimum absolute atomic E-state index is 0.0788. The van der Waals surface area contributed by atoms with Gasteiger partial charge in [-0.2, -0.15) is 0 Å². The van der Waals surface area contributed by atoms with Crippen molar-refractivity contribution in [1.82, 2.24) is 15.2 Å². The van der Waals surface area contributed by atoms with E-state index in [1.54, 1.807) is 27.6 Å². The van der Waals surface area contributed by atoms with E-state index >= 15 is 0 Å². The molecule has 0 bridgehead atoms. The van der Waals surface area contributed by atoms with Gasteiger partial charge in [0.15, 0.2) is 0 Å². The van der Waals surface area contributed by atoms with Gasteiger partial charge < -0.3 is 10.2 Å². The van der Waals surface area contributed by atoms with Crippen molar-refractivity contribution < 1.29 is 9.59 Å². The highest BCUT2D eigenvalue weighted by atomic mass is 32.1. The summed E-state index contributed by atoms with van der Waals surface area (Å²) >= 11 is 3.28. The van der Waals surface area contributed by atoms with Gasteiger partial charge in [0, 0.05) is 30.8 Å². The van der Waals surface area contributed by atoms with Gasteiger partial charge >= 0.3 is 0 Å². The van der Waals surface area contributed by atoms with Crippen molar-refractivity contribution in [2.75, 3.05) is 7.05 Å². The van der Waals surface area contributed by atoms with Crippen LogP contribution in [0.25, 0.3) is 9.88 Å². The Morgan fingerprint density at radius 2 is 2.03 bits per heavy atom. The van der Waals surface area contributed by atoms with Crippen molar-refractivity contribution in [3.63, 3.8) is 0 Å². The molecule has 0 aliphatic carbocycles. The largest absolute Gasteiger partial charge is 0.350 e.